The fourth-order valence-corrected chi connectivity index (χ4v) is 4.34. The average Bonchev–Trinajstić information content (AvgIpc) is 2.67. The Morgan fingerprint density at radius 2 is 1.84 bits per heavy atom. The van der Waals surface area contributed by atoms with E-state index in [1.807, 2.05) is 37.3 Å². The van der Waals surface area contributed by atoms with E-state index in [4.69, 9.17) is 13.9 Å². The molecule has 1 N–H and O–H groups in total. The summed E-state index contributed by atoms with van der Waals surface area (Å²) < 4.78 is 17.3. The van der Waals surface area contributed by atoms with Crippen LogP contribution in [0.15, 0.2) is 36.9 Å². The van der Waals surface area contributed by atoms with Crippen LogP contribution >= 0.6 is 0 Å². The van der Waals surface area contributed by atoms with Crippen LogP contribution in [0.3, 0.4) is 0 Å². The molecule has 0 unspecified atom stereocenters. The molecule has 0 bridgehead atoms. The lowest BCUT2D eigenvalue weighted by molar-refractivity contribution is -0.126. The van der Waals surface area contributed by atoms with Gasteiger partial charge in [-0.25, -0.2) is 0 Å². The van der Waals surface area contributed by atoms with E-state index in [2.05, 4.69) is 40.4 Å². The predicted molar refractivity (Wildman–Crippen MR) is 129 cm³/mol. The molecular formula is C25H42O5Si. The van der Waals surface area contributed by atoms with Crippen LogP contribution < -0.4 is 4.74 Å². The summed E-state index contributed by atoms with van der Waals surface area (Å²) in [5, 5.41) is 10.6. The van der Waals surface area contributed by atoms with E-state index >= 15 is 0 Å². The molecule has 31 heavy (non-hydrogen) atoms. The molecule has 0 spiro atoms. The normalized spacial score (nSPS) is 15.2. The number of hydrogen-bond acceptors (Lipinski definition) is 5. The van der Waals surface area contributed by atoms with E-state index in [-0.39, 0.29) is 29.3 Å². The van der Waals surface area contributed by atoms with Crippen molar-refractivity contribution in [3.63, 3.8) is 0 Å². The summed E-state index contributed by atoms with van der Waals surface area (Å²) in [6.45, 7) is 17.4. The molecule has 0 heterocycles. The molecule has 0 saturated heterocycles. The fraction of sp³-hybridized carbons (Fsp3) is 0.640. The van der Waals surface area contributed by atoms with Gasteiger partial charge in [-0.05, 0) is 48.7 Å². The monoisotopic (exact) mass is 450 g/mol. The molecule has 0 aromatic heterocycles. The minimum atomic E-state index is -1.96. The minimum absolute atomic E-state index is 0.00640. The van der Waals surface area contributed by atoms with E-state index in [1.165, 1.54) is 0 Å². The number of carbonyl (C=O) groups excluding carboxylic acids is 1. The molecule has 5 nitrogen and oxygen atoms in total. The van der Waals surface area contributed by atoms with Crippen molar-refractivity contribution < 1.29 is 23.8 Å². The maximum absolute atomic E-state index is 12.6. The molecular weight excluding hydrogens is 408 g/mol. The van der Waals surface area contributed by atoms with Gasteiger partial charge in [0.25, 0.3) is 0 Å². The standard InChI is InChI=1S/C25H42O5Si/c1-9-10-23(30-31(7,8)25(3,4)5)15-21(26)16-24(27)19(2)17-29-18-20-11-13-22(28-6)14-12-20/h9,11-14,19,21,23,26H,1,10,15-18H2,2-8H3/t19-,21+,23-/m0/s1. The molecule has 3 atom stereocenters. The van der Waals surface area contributed by atoms with Crippen LogP contribution in [-0.4, -0.2) is 45.1 Å². The quantitative estimate of drug-likeness (QED) is 0.298. The van der Waals surface area contributed by atoms with Crippen LogP contribution in [0.1, 0.15) is 52.5 Å². The summed E-state index contributed by atoms with van der Waals surface area (Å²) in [5.74, 6) is 0.535. The number of aliphatic hydroxyl groups is 1. The second-order valence-corrected chi connectivity index (χ2v) is 14.6. The van der Waals surface area contributed by atoms with Gasteiger partial charge < -0.3 is 19.0 Å². The molecule has 0 fully saturated rings. The summed E-state index contributed by atoms with van der Waals surface area (Å²) in [6.07, 6.45) is 2.18. The van der Waals surface area contributed by atoms with Gasteiger partial charge in [-0.1, -0.05) is 45.9 Å². The third-order valence-electron chi connectivity index (χ3n) is 6.01. The third-order valence-corrected chi connectivity index (χ3v) is 10.5. The van der Waals surface area contributed by atoms with Crippen molar-refractivity contribution in [3.8, 4) is 5.75 Å². The van der Waals surface area contributed by atoms with Gasteiger partial charge in [0, 0.05) is 12.3 Å². The second kappa shape index (κ2) is 12.5. The molecule has 0 amide bonds. The highest BCUT2D eigenvalue weighted by molar-refractivity contribution is 6.74. The third kappa shape index (κ3) is 9.68. The number of aliphatic hydroxyl groups excluding tert-OH is 1. The van der Waals surface area contributed by atoms with E-state index in [1.54, 1.807) is 7.11 Å². The number of ketones is 1. The van der Waals surface area contributed by atoms with E-state index in [0.29, 0.717) is 26.1 Å². The lowest BCUT2D eigenvalue weighted by atomic mass is 9.98. The maximum Gasteiger partial charge on any atom is 0.192 e. The van der Waals surface area contributed by atoms with Crippen LogP contribution in [0.5, 0.6) is 5.75 Å². The van der Waals surface area contributed by atoms with Crippen molar-refractivity contribution in [1.82, 2.24) is 0 Å². The van der Waals surface area contributed by atoms with Crippen LogP contribution in [0.25, 0.3) is 0 Å². The smallest absolute Gasteiger partial charge is 0.192 e. The largest absolute Gasteiger partial charge is 0.497 e. The molecule has 176 valence electrons. The highest BCUT2D eigenvalue weighted by Gasteiger charge is 2.39. The first kappa shape index (κ1) is 27.6. The topological polar surface area (TPSA) is 65.0 Å². The highest BCUT2D eigenvalue weighted by atomic mass is 28.4. The summed E-state index contributed by atoms with van der Waals surface area (Å²) in [4.78, 5) is 12.6. The minimum Gasteiger partial charge on any atom is -0.497 e. The number of methoxy groups -OCH3 is 1. The first-order valence-corrected chi connectivity index (χ1v) is 14.0. The Morgan fingerprint density at radius 1 is 1.23 bits per heavy atom. The van der Waals surface area contributed by atoms with Gasteiger partial charge in [-0.3, -0.25) is 4.79 Å². The number of rotatable bonds is 14. The Morgan fingerprint density at radius 3 is 2.35 bits per heavy atom. The molecule has 0 aliphatic rings. The van der Waals surface area contributed by atoms with E-state index in [0.717, 1.165) is 11.3 Å². The lowest BCUT2D eigenvalue weighted by Gasteiger charge is -2.39. The summed E-state index contributed by atoms with van der Waals surface area (Å²) in [6, 6.07) is 7.65. The van der Waals surface area contributed by atoms with Crippen molar-refractivity contribution in [2.24, 2.45) is 5.92 Å². The Bertz CT molecular complexity index is 678. The molecule has 0 aliphatic carbocycles. The van der Waals surface area contributed by atoms with Crippen LogP contribution in [0.4, 0.5) is 0 Å². The number of hydrogen-bond donors (Lipinski definition) is 1. The van der Waals surface area contributed by atoms with Gasteiger partial charge in [-0.2, -0.15) is 0 Å². The molecule has 6 heteroatoms. The van der Waals surface area contributed by atoms with Gasteiger partial charge in [-0.15, -0.1) is 6.58 Å². The van der Waals surface area contributed by atoms with Gasteiger partial charge in [0.1, 0.15) is 11.5 Å². The maximum atomic E-state index is 12.6. The lowest BCUT2D eigenvalue weighted by Crippen LogP contribution is -2.44. The van der Waals surface area contributed by atoms with Gasteiger partial charge in [0.2, 0.25) is 0 Å². The van der Waals surface area contributed by atoms with Crippen molar-refractivity contribution in [2.75, 3.05) is 13.7 Å². The van der Waals surface area contributed by atoms with Crippen LogP contribution in [0, 0.1) is 5.92 Å². The molecule has 1 aromatic carbocycles. The first-order valence-electron chi connectivity index (χ1n) is 11.1. The van der Waals surface area contributed by atoms with Gasteiger partial charge in [0.05, 0.1) is 32.5 Å². The molecule has 0 radical (unpaired) electrons. The van der Waals surface area contributed by atoms with Gasteiger partial charge >= 0.3 is 0 Å². The SMILES string of the molecule is C=CC[C@@H](C[C@@H](O)CC(=O)[C@@H](C)COCc1ccc(OC)cc1)O[Si](C)(C)C(C)(C)C. The average molecular weight is 451 g/mol. The molecule has 0 aliphatic heterocycles. The highest BCUT2D eigenvalue weighted by Crippen LogP contribution is 2.38. The first-order chi connectivity index (χ1) is 14.4. The molecule has 1 aromatic rings. The zero-order valence-corrected chi connectivity index (χ0v) is 21.4. The Kier molecular flexibility index (Phi) is 11.1. The van der Waals surface area contributed by atoms with Crippen LogP contribution in [0.2, 0.25) is 18.1 Å². The van der Waals surface area contributed by atoms with Crippen molar-refractivity contribution in [1.29, 1.82) is 0 Å². The number of Topliss-reactive ketones (excluding diaryl/α,β-unsaturated/α-hetero) is 1. The van der Waals surface area contributed by atoms with E-state index < -0.39 is 14.4 Å². The number of carbonyl (C=O) groups is 1. The Balaban J connectivity index is 2.49. The Labute approximate surface area is 189 Å². The predicted octanol–water partition coefficient (Wildman–Crippen LogP) is 5.52. The second-order valence-electron chi connectivity index (χ2n) is 9.85. The summed E-state index contributed by atoms with van der Waals surface area (Å²) >= 11 is 0. The van der Waals surface area contributed by atoms with Crippen LogP contribution in [-0.2, 0) is 20.6 Å². The van der Waals surface area contributed by atoms with Gasteiger partial charge in [0.15, 0.2) is 8.32 Å². The van der Waals surface area contributed by atoms with Crippen molar-refractivity contribution >= 4 is 14.1 Å². The van der Waals surface area contributed by atoms with Crippen molar-refractivity contribution in [2.45, 2.75) is 83.9 Å². The zero-order valence-electron chi connectivity index (χ0n) is 20.4. The van der Waals surface area contributed by atoms with Crippen molar-refractivity contribution in [3.05, 3.63) is 42.5 Å². The Hall–Kier alpha value is -1.47. The summed E-state index contributed by atoms with van der Waals surface area (Å²) in [7, 11) is -0.330. The molecule has 1 rings (SSSR count). The molecule has 0 saturated carbocycles. The zero-order chi connectivity index (χ0) is 23.7. The summed E-state index contributed by atoms with van der Waals surface area (Å²) in [5.41, 5.74) is 1.02. The number of ether oxygens (including phenoxy) is 2. The fourth-order valence-electron chi connectivity index (χ4n) is 2.96. The number of benzene rings is 1. The van der Waals surface area contributed by atoms with E-state index in [9.17, 15) is 9.90 Å².